The van der Waals surface area contributed by atoms with Crippen LogP contribution in [0.1, 0.15) is 18.4 Å². The van der Waals surface area contributed by atoms with E-state index in [1.807, 2.05) is 38.2 Å². The van der Waals surface area contributed by atoms with Gasteiger partial charge in [0.2, 0.25) is 11.8 Å². The molecule has 1 aromatic rings. The molecule has 5 heteroatoms. The summed E-state index contributed by atoms with van der Waals surface area (Å²) in [5, 5.41) is 2.80. The summed E-state index contributed by atoms with van der Waals surface area (Å²) in [7, 11) is 3.83. The van der Waals surface area contributed by atoms with Crippen molar-refractivity contribution in [3.8, 4) is 0 Å². The van der Waals surface area contributed by atoms with E-state index in [0.29, 0.717) is 0 Å². The summed E-state index contributed by atoms with van der Waals surface area (Å²) in [6.45, 7) is 3.80. The van der Waals surface area contributed by atoms with Crippen molar-refractivity contribution in [3.63, 3.8) is 0 Å². The van der Waals surface area contributed by atoms with Gasteiger partial charge in [0.1, 0.15) is 6.42 Å². The van der Waals surface area contributed by atoms with Crippen molar-refractivity contribution < 1.29 is 9.59 Å². The van der Waals surface area contributed by atoms with Crippen molar-refractivity contribution in [1.29, 1.82) is 0 Å². The summed E-state index contributed by atoms with van der Waals surface area (Å²) in [5.74, 6) is -0.381. The third-order valence-electron chi connectivity index (χ3n) is 4.04. The van der Waals surface area contributed by atoms with Crippen molar-refractivity contribution in [2.75, 3.05) is 32.5 Å². The van der Waals surface area contributed by atoms with Crippen molar-refractivity contribution in [3.05, 3.63) is 29.8 Å². The molecule has 1 aromatic carbocycles. The zero-order valence-corrected chi connectivity index (χ0v) is 12.9. The highest BCUT2D eigenvalue weighted by molar-refractivity contribution is 6.03. The summed E-state index contributed by atoms with van der Waals surface area (Å²) in [5.41, 5.74) is 1.75. The van der Waals surface area contributed by atoms with Gasteiger partial charge in [0.25, 0.3) is 0 Å². The molecule has 114 valence electrons. The topological polar surface area (TPSA) is 52.7 Å². The van der Waals surface area contributed by atoms with Gasteiger partial charge in [0.15, 0.2) is 0 Å². The van der Waals surface area contributed by atoms with Crippen molar-refractivity contribution in [2.24, 2.45) is 0 Å². The first kappa shape index (κ1) is 15.5. The van der Waals surface area contributed by atoms with Crippen LogP contribution in [0.5, 0.6) is 0 Å². The van der Waals surface area contributed by atoms with Gasteiger partial charge in [-0.25, -0.2) is 0 Å². The number of nitrogens with zero attached hydrogens (tertiary/aromatic N) is 2. The molecular weight excluding hydrogens is 266 g/mol. The SMILES string of the molecule is Cc1ccccc1NC(=O)CC(=O)N(C)C1CCN(C)C1. The Morgan fingerprint density at radius 2 is 2.10 bits per heavy atom. The highest BCUT2D eigenvalue weighted by atomic mass is 16.2. The van der Waals surface area contributed by atoms with E-state index < -0.39 is 0 Å². The fraction of sp³-hybridized carbons (Fsp3) is 0.500. The van der Waals surface area contributed by atoms with Crippen LogP contribution in [0.2, 0.25) is 0 Å². The molecule has 1 N–H and O–H groups in total. The lowest BCUT2D eigenvalue weighted by Crippen LogP contribution is -2.40. The summed E-state index contributed by atoms with van der Waals surface area (Å²) in [4.78, 5) is 28.1. The van der Waals surface area contributed by atoms with Gasteiger partial charge >= 0.3 is 0 Å². The molecule has 0 bridgehead atoms. The third-order valence-corrected chi connectivity index (χ3v) is 4.04. The van der Waals surface area contributed by atoms with Crippen molar-refractivity contribution >= 4 is 17.5 Å². The maximum absolute atomic E-state index is 12.2. The minimum absolute atomic E-state index is 0.106. The Bertz CT molecular complexity index is 530. The van der Waals surface area contributed by atoms with Crippen LogP contribution in [-0.4, -0.2) is 54.8 Å². The molecule has 0 saturated carbocycles. The average Bonchev–Trinajstić information content (AvgIpc) is 2.87. The lowest BCUT2D eigenvalue weighted by atomic mass is 10.2. The molecular formula is C16H23N3O2. The number of benzene rings is 1. The van der Waals surface area contributed by atoms with Gasteiger partial charge in [-0.1, -0.05) is 18.2 Å². The molecule has 2 amide bonds. The third kappa shape index (κ3) is 4.04. The number of amides is 2. The minimum atomic E-state index is -0.257. The van der Waals surface area contributed by atoms with E-state index >= 15 is 0 Å². The monoisotopic (exact) mass is 289 g/mol. The van der Waals surface area contributed by atoms with Gasteiger partial charge in [0.05, 0.1) is 0 Å². The quantitative estimate of drug-likeness (QED) is 0.854. The molecule has 5 nitrogen and oxygen atoms in total. The first-order valence-electron chi connectivity index (χ1n) is 7.27. The lowest BCUT2D eigenvalue weighted by Gasteiger charge is -2.24. The molecule has 1 atom stereocenters. The van der Waals surface area contributed by atoms with Gasteiger partial charge in [-0.3, -0.25) is 9.59 Å². The Kier molecular flexibility index (Phi) is 4.96. The molecule has 0 aliphatic carbocycles. The molecule has 1 aliphatic rings. The smallest absolute Gasteiger partial charge is 0.233 e. The van der Waals surface area contributed by atoms with E-state index in [0.717, 1.165) is 30.8 Å². The van der Waals surface area contributed by atoms with Crippen LogP contribution in [0.25, 0.3) is 0 Å². The van der Waals surface area contributed by atoms with Crippen molar-refractivity contribution in [2.45, 2.75) is 25.8 Å². The number of hydrogen-bond acceptors (Lipinski definition) is 3. The summed E-state index contributed by atoms with van der Waals surface area (Å²) in [6.07, 6.45) is 0.864. The van der Waals surface area contributed by atoms with Crippen LogP contribution in [0, 0.1) is 6.92 Å². The first-order valence-corrected chi connectivity index (χ1v) is 7.27. The van der Waals surface area contributed by atoms with Gasteiger partial charge in [-0.2, -0.15) is 0 Å². The van der Waals surface area contributed by atoms with E-state index in [1.54, 1.807) is 11.9 Å². The molecule has 1 fully saturated rings. The molecule has 0 aromatic heterocycles. The Morgan fingerprint density at radius 3 is 2.71 bits per heavy atom. The van der Waals surface area contributed by atoms with Crippen LogP contribution in [0.4, 0.5) is 5.69 Å². The molecule has 0 radical (unpaired) electrons. The number of likely N-dealkylation sites (N-methyl/N-ethyl adjacent to an activating group) is 2. The first-order chi connectivity index (χ1) is 9.97. The second kappa shape index (κ2) is 6.72. The summed E-state index contributed by atoms with van der Waals surface area (Å²) in [6, 6.07) is 7.77. The molecule has 1 saturated heterocycles. The van der Waals surface area contributed by atoms with E-state index in [1.165, 1.54) is 0 Å². The van der Waals surface area contributed by atoms with Gasteiger partial charge in [-0.15, -0.1) is 0 Å². The zero-order valence-electron chi connectivity index (χ0n) is 12.9. The van der Waals surface area contributed by atoms with Crippen LogP contribution >= 0.6 is 0 Å². The maximum Gasteiger partial charge on any atom is 0.233 e. The standard InChI is InChI=1S/C16H23N3O2/c1-12-6-4-5-7-14(12)17-15(20)10-16(21)19(3)13-8-9-18(2)11-13/h4-7,13H,8-11H2,1-3H3,(H,17,20). The predicted octanol–water partition coefficient (Wildman–Crippen LogP) is 1.49. The second-order valence-electron chi connectivity index (χ2n) is 5.75. The van der Waals surface area contributed by atoms with Crippen LogP contribution < -0.4 is 5.32 Å². The van der Waals surface area contributed by atoms with Gasteiger partial charge in [0, 0.05) is 25.3 Å². The summed E-state index contributed by atoms with van der Waals surface area (Å²) < 4.78 is 0. The molecule has 1 heterocycles. The molecule has 2 rings (SSSR count). The molecule has 0 spiro atoms. The number of nitrogens with one attached hydrogen (secondary N) is 1. The van der Waals surface area contributed by atoms with Crippen LogP contribution in [0.3, 0.4) is 0 Å². The average molecular weight is 289 g/mol. The predicted molar refractivity (Wildman–Crippen MR) is 83.1 cm³/mol. The maximum atomic E-state index is 12.2. The normalized spacial score (nSPS) is 18.5. The Labute approximate surface area is 125 Å². The van der Waals surface area contributed by atoms with Gasteiger partial charge in [-0.05, 0) is 38.6 Å². The number of para-hydroxylation sites is 1. The minimum Gasteiger partial charge on any atom is -0.341 e. The fourth-order valence-corrected chi connectivity index (χ4v) is 2.60. The number of carbonyl (C=O) groups is 2. The molecule has 21 heavy (non-hydrogen) atoms. The highest BCUT2D eigenvalue weighted by Gasteiger charge is 2.27. The fourth-order valence-electron chi connectivity index (χ4n) is 2.60. The van der Waals surface area contributed by atoms with Gasteiger partial charge < -0.3 is 15.1 Å². The van der Waals surface area contributed by atoms with E-state index in [2.05, 4.69) is 10.2 Å². The number of carbonyl (C=O) groups excluding carboxylic acids is 2. The Morgan fingerprint density at radius 1 is 1.38 bits per heavy atom. The second-order valence-corrected chi connectivity index (χ2v) is 5.75. The van der Waals surface area contributed by atoms with E-state index in [9.17, 15) is 9.59 Å². The number of hydrogen-bond donors (Lipinski definition) is 1. The Balaban J connectivity index is 1.87. The number of likely N-dealkylation sites (tertiary alicyclic amines) is 1. The Hall–Kier alpha value is -1.88. The number of anilines is 1. The zero-order chi connectivity index (χ0) is 15.4. The lowest BCUT2D eigenvalue weighted by molar-refractivity contribution is -0.135. The summed E-state index contributed by atoms with van der Waals surface area (Å²) >= 11 is 0. The van der Waals surface area contributed by atoms with Crippen LogP contribution in [0.15, 0.2) is 24.3 Å². The number of aryl methyl sites for hydroxylation is 1. The number of rotatable bonds is 4. The molecule has 1 aliphatic heterocycles. The van der Waals surface area contributed by atoms with E-state index in [4.69, 9.17) is 0 Å². The largest absolute Gasteiger partial charge is 0.341 e. The van der Waals surface area contributed by atoms with E-state index in [-0.39, 0.29) is 24.3 Å². The van der Waals surface area contributed by atoms with Crippen molar-refractivity contribution in [1.82, 2.24) is 9.80 Å². The highest BCUT2D eigenvalue weighted by Crippen LogP contribution is 2.15. The van der Waals surface area contributed by atoms with Crippen LogP contribution in [-0.2, 0) is 9.59 Å². The molecule has 1 unspecified atom stereocenters.